The fraction of sp³-hybridized carbons (Fsp3) is 0.690. The van der Waals surface area contributed by atoms with E-state index in [-0.39, 0.29) is 11.8 Å². The minimum atomic E-state index is -0.791. The molecule has 0 bridgehead atoms. The van der Waals surface area contributed by atoms with Crippen LogP contribution in [0.5, 0.6) is 0 Å². The SMILES string of the molecule is CCCCCNC(=O)C(c1cc(C)cc(C)c1)N(CCCC)C(=O)C(CCSC)NC(=O)OC(C)(C)C. The van der Waals surface area contributed by atoms with Crippen LogP contribution in [0.25, 0.3) is 0 Å². The van der Waals surface area contributed by atoms with Gasteiger partial charge in [-0.25, -0.2) is 4.79 Å². The Kier molecular flexibility index (Phi) is 14.7. The molecule has 3 amide bonds. The fourth-order valence-electron chi connectivity index (χ4n) is 4.16. The fourth-order valence-corrected chi connectivity index (χ4v) is 4.63. The Morgan fingerprint density at radius 1 is 1.00 bits per heavy atom. The molecule has 1 aromatic rings. The lowest BCUT2D eigenvalue weighted by molar-refractivity contribution is -0.142. The van der Waals surface area contributed by atoms with Gasteiger partial charge in [-0.1, -0.05) is 62.4 Å². The van der Waals surface area contributed by atoms with E-state index in [4.69, 9.17) is 4.74 Å². The van der Waals surface area contributed by atoms with E-state index in [2.05, 4.69) is 30.5 Å². The van der Waals surface area contributed by atoms with Gasteiger partial charge in [0.1, 0.15) is 17.7 Å². The average molecular weight is 536 g/mol. The smallest absolute Gasteiger partial charge is 0.408 e. The molecular weight excluding hydrogens is 486 g/mol. The molecule has 2 N–H and O–H groups in total. The number of aryl methyl sites for hydroxylation is 2. The van der Waals surface area contributed by atoms with Gasteiger partial charge < -0.3 is 20.3 Å². The molecule has 0 aromatic heterocycles. The zero-order valence-electron chi connectivity index (χ0n) is 24.2. The van der Waals surface area contributed by atoms with Crippen molar-refractivity contribution in [2.24, 2.45) is 0 Å². The van der Waals surface area contributed by atoms with Crippen LogP contribution in [-0.4, -0.2) is 59.5 Å². The molecule has 0 aliphatic heterocycles. The van der Waals surface area contributed by atoms with Crippen molar-refractivity contribution in [2.75, 3.05) is 25.1 Å². The molecule has 0 aliphatic carbocycles. The Hall–Kier alpha value is -2.22. The van der Waals surface area contributed by atoms with Crippen LogP contribution in [0.15, 0.2) is 18.2 Å². The van der Waals surface area contributed by atoms with Crippen molar-refractivity contribution < 1.29 is 19.1 Å². The number of benzene rings is 1. The van der Waals surface area contributed by atoms with E-state index < -0.39 is 23.8 Å². The second-order valence-corrected chi connectivity index (χ2v) is 11.7. The molecule has 210 valence electrons. The first kappa shape index (κ1) is 32.8. The van der Waals surface area contributed by atoms with Gasteiger partial charge in [0.15, 0.2) is 0 Å². The van der Waals surface area contributed by atoms with Gasteiger partial charge in [-0.3, -0.25) is 9.59 Å². The third-order valence-corrected chi connectivity index (χ3v) is 6.48. The Morgan fingerprint density at radius 2 is 1.62 bits per heavy atom. The number of nitrogens with one attached hydrogen (secondary N) is 2. The monoisotopic (exact) mass is 535 g/mol. The van der Waals surface area contributed by atoms with Gasteiger partial charge in [0.2, 0.25) is 11.8 Å². The molecule has 7 nitrogen and oxygen atoms in total. The van der Waals surface area contributed by atoms with Crippen molar-refractivity contribution in [3.8, 4) is 0 Å². The first-order chi connectivity index (χ1) is 17.4. The Bertz CT molecular complexity index is 849. The highest BCUT2D eigenvalue weighted by Crippen LogP contribution is 2.26. The van der Waals surface area contributed by atoms with Gasteiger partial charge in [0.05, 0.1) is 0 Å². The standard InChI is InChI=1S/C29H49N3O4S/c1-9-11-13-15-30-26(33)25(23-19-21(3)18-22(4)20-23)32(16-12-10-2)27(34)24(14-17-37-8)31-28(35)36-29(5,6)7/h18-20,24-25H,9-17H2,1-8H3,(H,30,33)(H,31,35). The third-order valence-electron chi connectivity index (χ3n) is 5.83. The lowest BCUT2D eigenvalue weighted by Crippen LogP contribution is -2.53. The minimum Gasteiger partial charge on any atom is -0.444 e. The van der Waals surface area contributed by atoms with Gasteiger partial charge in [-0.15, -0.1) is 0 Å². The summed E-state index contributed by atoms with van der Waals surface area (Å²) in [6.45, 7) is 14.5. The molecular formula is C29H49N3O4S. The van der Waals surface area contributed by atoms with Crippen molar-refractivity contribution in [3.05, 3.63) is 34.9 Å². The summed E-state index contributed by atoms with van der Waals surface area (Å²) in [6.07, 6.45) is 6.38. The number of ether oxygens (including phenoxy) is 1. The number of alkyl carbamates (subject to hydrolysis) is 1. The zero-order chi connectivity index (χ0) is 28.0. The van der Waals surface area contributed by atoms with Crippen molar-refractivity contribution in [1.82, 2.24) is 15.5 Å². The molecule has 8 heteroatoms. The van der Waals surface area contributed by atoms with Gasteiger partial charge >= 0.3 is 6.09 Å². The summed E-state index contributed by atoms with van der Waals surface area (Å²) in [5, 5.41) is 5.87. The van der Waals surface area contributed by atoms with Crippen LogP contribution in [0.3, 0.4) is 0 Å². The molecule has 0 saturated carbocycles. The van der Waals surface area contributed by atoms with Gasteiger partial charge in [0.25, 0.3) is 0 Å². The highest BCUT2D eigenvalue weighted by molar-refractivity contribution is 7.98. The third kappa shape index (κ3) is 12.2. The molecule has 2 unspecified atom stereocenters. The predicted octanol–water partition coefficient (Wildman–Crippen LogP) is 5.93. The number of thioether (sulfide) groups is 1. The summed E-state index contributed by atoms with van der Waals surface area (Å²) in [5.74, 6) is 0.235. The minimum absolute atomic E-state index is 0.188. The molecule has 37 heavy (non-hydrogen) atoms. The lowest BCUT2D eigenvalue weighted by Gasteiger charge is -2.35. The second kappa shape index (κ2) is 16.6. The Labute approximate surface area is 228 Å². The van der Waals surface area contributed by atoms with E-state index >= 15 is 0 Å². The number of hydrogen-bond donors (Lipinski definition) is 2. The maximum atomic E-state index is 14.1. The van der Waals surface area contributed by atoms with Crippen LogP contribution >= 0.6 is 11.8 Å². The molecule has 1 aromatic carbocycles. The number of amides is 3. The lowest BCUT2D eigenvalue weighted by atomic mass is 9.98. The summed E-state index contributed by atoms with van der Waals surface area (Å²) >= 11 is 1.61. The molecule has 0 saturated heterocycles. The number of unbranched alkanes of at least 4 members (excludes halogenated alkanes) is 3. The van der Waals surface area contributed by atoms with Crippen molar-refractivity contribution in [1.29, 1.82) is 0 Å². The molecule has 1 rings (SSSR count). The summed E-state index contributed by atoms with van der Waals surface area (Å²) in [4.78, 5) is 42.1. The van der Waals surface area contributed by atoms with Crippen molar-refractivity contribution in [3.63, 3.8) is 0 Å². The maximum Gasteiger partial charge on any atom is 0.408 e. The zero-order valence-corrected chi connectivity index (χ0v) is 25.1. The highest BCUT2D eigenvalue weighted by Gasteiger charge is 2.36. The number of rotatable bonds is 15. The van der Waals surface area contributed by atoms with Crippen LogP contribution in [0.4, 0.5) is 4.79 Å². The van der Waals surface area contributed by atoms with Crippen LogP contribution in [0, 0.1) is 13.8 Å². The van der Waals surface area contributed by atoms with E-state index in [0.29, 0.717) is 25.3 Å². The van der Waals surface area contributed by atoms with Gasteiger partial charge in [-0.05, 0) is 71.5 Å². The first-order valence-corrected chi connectivity index (χ1v) is 15.0. The average Bonchev–Trinajstić information content (AvgIpc) is 2.79. The molecule has 0 spiro atoms. The molecule has 0 radical (unpaired) electrons. The summed E-state index contributed by atoms with van der Waals surface area (Å²) in [7, 11) is 0. The predicted molar refractivity (Wildman–Crippen MR) is 154 cm³/mol. The number of carbonyl (C=O) groups is 3. The first-order valence-electron chi connectivity index (χ1n) is 13.6. The molecule has 0 heterocycles. The Morgan fingerprint density at radius 3 is 2.16 bits per heavy atom. The Balaban J connectivity index is 3.43. The largest absolute Gasteiger partial charge is 0.444 e. The number of carbonyl (C=O) groups excluding carboxylic acids is 3. The van der Waals surface area contributed by atoms with Crippen molar-refractivity contribution in [2.45, 2.75) is 105 Å². The topological polar surface area (TPSA) is 87.7 Å². The van der Waals surface area contributed by atoms with E-state index in [0.717, 1.165) is 48.8 Å². The van der Waals surface area contributed by atoms with Crippen LogP contribution in [-0.2, 0) is 14.3 Å². The second-order valence-electron chi connectivity index (χ2n) is 10.7. The number of nitrogens with zero attached hydrogens (tertiary/aromatic N) is 1. The molecule has 2 atom stereocenters. The van der Waals surface area contributed by atoms with E-state index in [1.807, 2.05) is 32.2 Å². The van der Waals surface area contributed by atoms with Crippen LogP contribution in [0.2, 0.25) is 0 Å². The maximum absolute atomic E-state index is 14.1. The van der Waals surface area contributed by atoms with E-state index in [1.54, 1.807) is 37.4 Å². The van der Waals surface area contributed by atoms with Crippen molar-refractivity contribution >= 4 is 29.7 Å². The normalized spacial score (nSPS) is 13.0. The summed E-state index contributed by atoms with van der Waals surface area (Å²) in [6, 6.07) is 4.45. The summed E-state index contributed by atoms with van der Waals surface area (Å²) < 4.78 is 5.45. The number of hydrogen-bond acceptors (Lipinski definition) is 5. The molecule has 0 fully saturated rings. The van der Waals surface area contributed by atoms with Gasteiger partial charge in [0, 0.05) is 13.1 Å². The van der Waals surface area contributed by atoms with Crippen LogP contribution < -0.4 is 10.6 Å². The summed E-state index contributed by atoms with van der Waals surface area (Å²) in [5.41, 5.74) is 2.18. The van der Waals surface area contributed by atoms with E-state index in [1.165, 1.54) is 0 Å². The quantitative estimate of drug-likeness (QED) is 0.272. The highest BCUT2D eigenvalue weighted by atomic mass is 32.2. The van der Waals surface area contributed by atoms with E-state index in [9.17, 15) is 14.4 Å². The van der Waals surface area contributed by atoms with Crippen LogP contribution in [0.1, 0.15) is 95.9 Å². The van der Waals surface area contributed by atoms with Gasteiger partial charge in [-0.2, -0.15) is 11.8 Å². The molecule has 0 aliphatic rings.